The predicted octanol–water partition coefficient (Wildman–Crippen LogP) is 5.02. The molecule has 0 radical (unpaired) electrons. The quantitative estimate of drug-likeness (QED) is 0.648. The number of rotatable bonds is 6. The zero-order valence-corrected chi connectivity index (χ0v) is 17.8. The number of nitrogens with zero attached hydrogens (tertiary/aromatic N) is 1. The molecule has 1 amide bonds. The number of carbonyl (C=O) groups excluding carboxylic acids is 2. The number of hydrogen-bond donors (Lipinski definition) is 1. The van der Waals surface area contributed by atoms with Gasteiger partial charge in [0, 0.05) is 23.8 Å². The highest BCUT2D eigenvalue weighted by Gasteiger charge is 2.26. The minimum absolute atomic E-state index is 0.0639. The summed E-state index contributed by atoms with van der Waals surface area (Å²) in [5.74, 6) is -0.698. The third-order valence-electron chi connectivity index (χ3n) is 4.96. The van der Waals surface area contributed by atoms with Crippen LogP contribution < -0.4 is 5.32 Å². The van der Waals surface area contributed by atoms with Gasteiger partial charge in [-0.3, -0.25) is 9.69 Å². The number of hydrogen-bond acceptors (Lipinski definition) is 4. The fraction of sp³-hybridized carbons (Fsp3) is 0.364. The molecule has 1 fully saturated rings. The van der Waals surface area contributed by atoms with Gasteiger partial charge in [-0.05, 0) is 56.1 Å². The van der Waals surface area contributed by atoms with Gasteiger partial charge in [-0.1, -0.05) is 41.4 Å². The van der Waals surface area contributed by atoms with E-state index in [0.29, 0.717) is 17.3 Å². The van der Waals surface area contributed by atoms with Gasteiger partial charge in [0.2, 0.25) is 5.91 Å². The van der Waals surface area contributed by atoms with Crippen LogP contribution in [0.3, 0.4) is 0 Å². The highest BCUT2D eigenvalue weighted by molar-refractivity contribution is 6.33. The van der Waals surface area contributed by atoms with Gasteiger partial charge >= 0.3 is 5.97 Å². The second kappa shape index (κ2) is 10.1. The summed E-state index contributed by atoms with van der Waals surface area (Å²) in [4.78, 5) is 27.1. The lowest BCUT2D eigenvalue weighted by Gasteiger charge is -2.32. The van der Waals surface area contributed by atoms with Crippen molar-refractivity contribution in [1.82, 2.24) is 4.90 Å². The maximum Gasteiger partial charge on any atom is 0.339 e. The van der Waals surface area contributed by atoms with Crippen LogP contribution >= 0.6 is 23.2 Å². The summed E-state index contributed by atoms with van der Waals surface area (Å²) >= 11 is 12.4. The molecular weight excluding hydrogens is 411 g/mol. The molecule has 2 aromatic rings. The largest absolute Gasteiger partial charge is 0.462 e. The van der Waals surface area contributed by atoms with Crippen LogP contribution in [0, 0.1) is 5.92 Å². The number of benzene rings is 2. The van der Waals surface area contributed by atoms with Gasteiger partial charge in [0.25, 0.3) is 0 Å². The Hall–Kier alpha value is -2.08. The number of anilines is 1. The Balaban J connectivity index is 1.64. The standard InChI is InChI=1S/C22H24Cl2N2O3/c1-2-29-22(28)18-12-17(9-10-20(18)24)25-21(27)16-7-5-11-26(14-16)13-15-6-3-4-8-19(15)23/h3-4,6,8-10,12,16H,2,5,7,11,13-14H2,1H3,(H,25,27). The first-order chi connectivity index (χ1) is 14.0. The molecule has 5 nitrogen and oxygen atoms in total. The molecule has 7 heteroatoms. The van der Waals surface area contributed by atoms with E-state index in [4.69, 9.17) is 27.9 Å². The molecule has 0 aliphatic carbocycles. The van der Waals surface area contributed by atoms with Crippen molar-refractivity contribution in [3.8, 4) is 0 Å². The van der Waals surface area contributed by atoms with E-state index in [0.717, 1.165) is 36.5 Å². The first kappa shape index (κ1) is 21.6. The molecule has 1 atom stereocenters. The van der Waals surface area contributed by atoms with E-state index in [1.165, 1.54) is 0 Å². The lowest BCUT2D eigenvalue weighted by molar-refractivity contribution is -0.121. The molecule has 0 aromatic heterocycles. The van der Waals surface area contributed by atoms with Crippen LogP contribution in [0.5, 0.6) is 0 Å². The third kappa shape index (κ3) is 5.72. The maximum atomic E-state index is 12.8. The number of amides is 1. The molecule has 1 aliphatic rings. The third-order valence-corrected chi connectivity index (χ3v) is 5.66. The Bertz CT molecular complexity index is 888. The fourth-order valence-electron chi connectivity index (χ4n) is 3.49. The summed E-state index contributed by atoms with van der Waals surface area (Å²) in [5, 5.41) is 3.95. The summed E-state index contributed by atoms with van der Waals surface area (Å²) in [6.07, 6.45) is 1.76. The Morgan fingerprint density at radius 3 is 2.72 bits per heavy atom. The molecule has 154 valence electrons. The maximum absolute atomic E-state index is 12.8. The van der Waals surface area contributed by atoms with Crippen molar-refractivity contribution in [2.75, 3.05) is 25.0 Å². The first-order valence-electron chi connectivity index (χ1n) is 9.71. The summed E-state index contributed by atoms with van der Waals surface area (Å²) in [5.41, 5.74) is 1.84. The summed E-state index contributed by atoms with van der Waals surface area (Å²) in [7, 11) is 0. The van der Waals surface area contributed by atoms with Crippen molar-refractivity contribution in [2.45, 2.75) is 26.3 Å². The topological polar surface area (TPSA) is 58.6 Å². The minimum Gasteiger partial charge on any atom is -0.462 e. The zero-order valence-electron chi connectivity index (χ0n) is 16.3. The SMILES string of the molecule is CCOC(=O)c1cc(NC(=O)C2CCCN(Cc3ccccc3Cl)C2)ccc1Cl. The van der Waals surface area contributed by atoms with Crippen LogP contribution in [0.2, 0.25) is 10.0 Å². The number of ether oxygens (including phenoxy) is 1. The average Bonchev–Trinajstić information content (AvgIpc) is 2.71. The second-order valence-electron chi connectivity index (χ2n) is 7.07. The number of likely N-dealkylation sites (tertiary alicyclic amines) is 1. The van der Waals surface area contributed by atoms with E-state index in [9.17, 15) is 9.59 Å². The predicted molar refractivity (Wildman–Crippen MR) is 115 cm³/mol. The Kier molecular flexibility index (Phi) is 7.53. The number of halogens is 2. The molecule has 0 bridgehead atoms. The van der Waals surface area contributed by atoms with E-state index in [1.54, 1.807) is 25.1 Å². The van der Waals surface area contributed by atoms with Gasteiger partial charge in [0.15, 0.2) is 0 Å². The minimum atomic E-state index is -0.503. The molecule has 2 aromatic carbocycles. The molecular formula is C22H24Cl2N2O3. The molecule has 29 heavy (non-hydrogen) atoms. The van der Waals surface area contributed by atoms with Gasteiger partial charge in [0.05, 0.1) is 23.1 Å². The molecule has 1 N–H and O–H groups in total. The van der Waals surface area contributed by atoms with Crippen molar-refractivity contribution in [1.29, 1.82) is 0 Å². The molecule has 0 saturated carbocycles. The summed E-state index contributed by atoms with van der Waals surface area (Å²) < 4.78 is 5.01. The molecule has 1 aliphatic heterocycles. The zero-order chi connectivity index (χ0) is 20.8. The molecule has 1 saturated heterocycles. The van der Waals surface area contributed by atoms with Gasteiger partial charge in [-0.2, -0.15) is 0 Å². The van der Waals surface area contributed by atoms with Gasteiger partial charge < -0.3 is 10.1 Å². The number of esters is 1. The van der Waals surface area contributed by atoms with Gasteiger partial charge in [-0.15, -0.1) is 0 Å². The first-order valence-corrected chi connectivity index (χ1v) is 10.5. The Labute approximate surface area is 180 Å². The number of piperidine rings is 1. The van der Waals surface area contributed by atoms with Crippen molar-refractivity contribution >= 4 is 40.8 Å². The Morgan fingerprint density at radius 1 is 1.17 bits per heavy atom. The smallest absolute Gasteiger partial charge is 0.339 e. The highest BCUT2D eigenvalue weighted by Crippen LogP contribution is 2.25. The number of carbonyl (C=O) groups is 2. The summed E-state index contributed by atoms with van der Waals surface area (Å²) in [6, 6.07) is 12.6. The van der Waals surface area contributed by atoms with E-state index in [-0.39, 0.29) is 24.0 Å². The fourth-order valence-corrected chi connectivity index (χ4v) is 3.88. The van der Waals surface area contributed by atoms with Crippen molar-refractivity contribution in [2.24, 2.45) is 5.92 Å². The highest BCUT2D eigenvalue weighted by atomic mass is 35.5. The van der Waals surface area contributed by atoms with Crippen LogP contribution in [0.4, 0.5) is 5.69 Å². The monoisotopic (exact) mass is 434 g/mol. The molecule has 0 spiro atoms. The van der Waals surface area contributed by atoms with Crippen LogP contribution in [-0.4, -0.2) is 36.5 Å². The lowest BCUT2D eigenvalue weighted by Crippen LogP contribution is -2.40. The van der Waals surface area contributed by atoms with E-state index in [1.807, 2.05) is 24.3 Å². The lowest BCUT2D eigenvalue weighted by atomic mass is 9.96. The molecule has 1 heterocycles. The van der Waals surface area contributed by atoms with Crippen molar-refractivity contribution in [3.05, 3.63) is 63.6 Å². The van der Waals surface area contributed by atoms with Gasteiger partial charge in [0.1, 0.15) is 0 Å². The van der Waals surface area contributed by atoms with E-state index < -0.39 is 5.97 Å². The van der Waals surface area contributed by atoms with Crippen LogP contribution in [-0.2, 0) is 16.1 Å². The average molecular weight is 435 g/mol. The van der Waals surface area contributed by atoms with Crippen molar-refractivity contribution < 1.29 is 14.3 Å². The normalized spacial score (nSPS) is 17.0. The summed E-state index contributed by atoms with van der Waals surface area (Å²) in [6.45, 7) is 4.31. The molecule has 3 rings (SSSR count). The Morgan fingerprint density at radius 2 is 1.97 bits per heavy atom. The van der Waals surface area contributed by atoms with E-state index in [2.05, 4.69) is 10.2 Å². The van der Waals surface area contributed by atoms with E-state index >= 15 is 0 Å². The molecule has 1 unspecified atom stereocenters. The van der Waals surface area contributed by atoms with Crippen molar-refractivity contribution in [3.63, 3.8) is 0 Å². The van der Waals surface area contributed by atoms with Crippen LogP contribution in [0.1, 0.15) is 35.7 Å². The van der Waals surface area contributed by atoms with Crippen LogP contribution in [0.25, 0.3) is 0 Å². The number of nitrogens with one attached hydrogen (secondary N) is 1. The second-order valence-corrected chi connectivity index (χ2v) is 7.88. The van der Waals surface area contributed by atoms with Gasteiger partial charge in [-0.25, -0.2) is 4.79 Å². The van der Waals surface area contributed by atoms with Crippen LogP contribution in [0.15, 0.2) is 42.5 Å².